The summed E-state index contributed by atoms with van der Waals surface area (Å²) in [6.45, 7) is 9.47. The predicted molar refractivity (Wildman–Crippen MR) is 122 cm³/mol. The third-order valence-electron chi connectivity index (χ3n) is 5.69. The minimum atomic E-state index is -1.65. The van der Waals surface area contributed by atoms with Crippen molar-refractivity contribution in [1.82, 2.24) is 0 Å². The third kappa shape index (κ3) is 6.09. The van der Waals surface area contributed by atoms with Crippen LogP contribution in [-0.2, 0) is 23.9 Å². The number of ketones is 1. The van der Waals surface area contributed by atoms with Crippen molar-refractivity contribution in [3.05, 3.63) is 29.8 Å². The maximum atomic E-state index is 13.2. The standard InChI is InChI=1S/C25H37NO6/c1-15(2)13-31-23(28)21-19(27)12-25(5,30)22(24(29)32-14-16(3)4)20(21)17-8-10-18(11-9-17)26(6)7/h8-11,15-16,20-22,30H,12-14H2,1-7H3/t20-,21+,22+,25+/m1/s1. The van der Waals surface area contributed by atoms with Gasteiger partial charge < -0.3 is 19.5 Å². The molecule has 1 N–H and O–H groups in total. The molecule has 0 radical (unpaired) electrons. The van der Waals surface area contributed by atoms with Crippen molar-refractivity contribution >= 4 is 23.4 Å². The molecule has 7 heteroatoms. The normalized spacial score (nSPS) is 25.7. The van der Waals surface area contributed by atoms with Crippen LogP contribution in [0, 0.1) is 23.7 Å². The van der Waals surface area contributed by atoms with Gasteiger partial charge in [0.05, 0.1) is 24.7 Å². The van der Waals surface area contributed by atoms with Crippen molar-refractivity contribution in [3.63, 3.8) is 0 Å². The Bertz CT molecular complexity index is 812. The summed E-state index contributed by atoms with van der Waals surface area (Å²) in [6, 6.07) is 7.30. The summed E-state index contributed by atoms with van der Waals surface area (Å²) in [5.41, 5.74) is -0.104. The number of carbonyl (C=O) groups excluding carboxylic acids is 3. The quantitative estimate of drug-likeness (QED) is 0.483. The second kappa shape index (κ2) is 10.5. The highest BCUT2D eigenvalue weighted by molar-refractivity contribution is 6.02. The molecular weight excluding hydrogens is 410 g/mol. The van der Waals surface area contributed by atoms with Crippen LogP contribution in [0.15, 0.2) is 24.3 Å². The maximum Gasteiger partial charge on any atom is 0.317 e. The van der Waals surface area contributed by atoms with Gasteiger partial charge in [-0.15, -0.1) is 0 Å². The van der Waals surface area contributed by atoms with E-state index in [0.717, 1.165) is 5.69 Å². The van der Waals surface area contributed by atoms with Gasteiger partial charge >= 0.3 is 11.9 Å². The molecule has 1 aromatic rings. The Morgan fingerprint density at radius 2 is 1.53 bits per heavy atom. The van der Waals surface area contributed by atoms with Crippen LogP contribution >= 0.6 is 0 Å². The van der Waals surface area contributed by atoms with Crippen LogP contribution in [0.2, 0.25) is 0 Å². The molecule has 0 heterocycles. The van der Waals surface area contributed by atoms with Gasteiger partial charge in [-0.1, -0.05) is 39.8 Å². The number of hydrogen-bond donors (Lipinski definition) is 1. The summed E-state index contributed by atoms with van der Waals surface area (Å²) in [4.78, 5) is 41.2. The minimum Gasteiger partial charge on any atom is -0.465 e. The third-order valence-corrected chi connectivity index (χ3v) is 5.69. The second-order valence-corrected chi connectivity index (χ2v) is 10.0. The van der Waals surface area contributed by atoms with Gasteiger partial charge in [0, 0.05) is 32.1 Å². The molecule has 0 aliphatic heterocycles. The zero-order chi connectivity index (χ0) is 24.2. The van der Waals surface area contributed by atoms with Crippen molar-refractivity contribution in [1.29, 1.82) is 0 Å². The van der Waals surface area contributed by atoms with E-state index in [4.69, 9.17) is 9.47 Å². The highest BCUT2D eigenvalue weighted by Gasteiger charge is 2.57. The average molecular weight is 448 g/mol. The predicted octanol–water partition coefficient (Wildman–Crippen LogP) is 3.19. The molecule has 0 spiro atoms. The van der Waals surface area contributed by atoms with Gasteiger partial charge in [0.25, 0.3) is 0 Å². The number of carbonyl (C=O) groups is 3. The van der Waals surface area contributed by atoms with E-state index in [-0.39, 0.29) is 31.5 Å². The summed E-state index contributed by atoms with van der Waals surface area (Å²) in [5.74, 6) is -4.65. The summed E-state index contributed by atoms with van der Waals surface area (Å²) >= 11 is 0. The molecule has 1 aromatic carbocycles. The molecule has 1 fully saturated rings. The lowest BCUT2D eigenvalue weighted by Crippen LogP contribution is -2.55. The molecule has 7 nitrogen and oxygen atoms in total. The van der Waals surface area contributed by atoms with E-state index in [2.05, 4.69) is 0 Å². The van der Waals surface area contributed by atoms with Crippen LogP contribution in [0.1, 0.15) is 52.5 Å². The molecule has 1 aliphatic carbocycles. The van der Waals surface area contributed by atoms with E-state index in [1.807, 2.05) is 58.8 Å². The first-order chi connectivity index (χ1) is 14.8. The van der Waals surface area contributed by atoms with Crippen molar-refractivity contribution in [2.75, 3.05) is 32.2 Å². The SMILES string of the molecule is CC(C)COC(=O)[C@H]1C(=O)C[C@](C)(O)[C@H](C(=O)OCC(C)C)[C@@H]1c1ccc(N(C)C)cc1. The Balaban J connectivity index is 2.54. The van der Waals surface area contributed by atoms with Crippen LogP contribution in [0.4, 0.5) is 5.69 Å². The summed E-state index contributed by atoms with van der Waals surface area (Å²) < 4.78 is 10.9. The van der Waals surface area contributed by atoms with E-state index in [0.29, 0.717) is 5.56 Å². The molecule has 0 aromatic heterocycles. The molecule has 1 saturated carbocycles. The van der Waals surface area contributed by atoms with Gasteiger partial charge in [0.1, 0.15) is 5.92 Å². The van der Waals surface area contributed by atoms with E-state index in [1.165, 1.54) is 6.92 Å². The molecule has 1 aliphatic rings. The second-order valence-electron chi connectivity index (χ2n) is 10.0. The number of ether oxygens (including phenoxy) is 2. The molecular formula is C25H37NO6. The molecule has 0 bridgehead atoms. The number of aliphatic hydroxyl groups is 1. The highest BCUT2D eigenvalue weighted by Crippen LogP contribution is 2.47. The zero-order valence-corrected chi connectivity index (χ0v) is 20.3. The summed E-state index contributed by atoms with van der Waals surface area (Å²) in [5, 5.41) is 11.2. The van der Waals surface area contributed by atoms with Crippen LogP contribution in [-0.4, -0.2) is 55.7 Å². The number of esters is 2. The van der Waals surface area contributed by atoms with Gasteiger partial charge in [-0.05, 0) is 36.5 Å². The van der Waals surface area contributed by atoms with Gasteiger partial charge in [0.15, 0.2) is 5.78 Å². The molecule has 0 unspecified atom stereocenters. The van der Waals surface area contributed by atoms with Crippen molar-refractivity contribution in [2.24, 2.45) is 23.7 Å². The first-order valence-corrected chi connectivity index (χ1v) is 11.2. The Labute approximate surface area is 191 Å². The lowest BCUT2D eigenvalue weighted by Gasteiger charge is -2.43. The largest absolute Gasteiger partial charge is 0.465 e. The van der Waals surface area contributed by atoms with Crippen molar-refractivity contribution in [3.8, 4) is 0 Å². The average Bonchev–Trinajstić information content (AvgIpc) is 2.69. The van der Waals surface area contributed by atoms with Gasteiger partial charge in [-0.25, -0.2) is 0 Å². The fourth-order valence-corrected chi connectivity index (χ4v) is 4.09. The molecule has 4 atom stereocenters. The fourth-order valence-electron chi connectivity index (χ4n) is 4.09. The first-order valence-electron chi connectivity index (χ1n) is 11.2. The Hall–Kier alpha value is -2.41. The minimum absolute atomic E-state index is 0.102. The van der Waals surface area contributed by atoms with E-state index >= 15 is 0 Å². The first kappa shape index (κ1) is 25.8. The fraction of sp³-hybridized carbons (Fsp3) is 0.640. The zero-order valence-electron chi connectivity index (χ0n) is 20.3. The van der Waals surface area contributed by atoms with Gasteiger partial charge in [-0.2, -0.15) is 0 Å². The maximum absolute atomic E-state index is 13.2. The summed E-state index contributed by atoms with van der Waals surface area (Å²) in [7, 11) is 3.81. The number of rotatable bonds is 8. The van der Waals surface area contributed by atoms with Crippen LogP contribution < -0.4 is 4.90 Å². The number of anilines is 1. The molecule has 32 heavy (non-hydrogen) atoms. The Morgan fingerprint density at radius 3 is 2.00 bits per heavy atom. The van der Waals surface area contributed by atoms with Gasteiger partial charge in [0.2, 0.25) is 0 Å². The summed E-state index contributed by atoms with van der Waals surface area (Å²) in [6.07, 6.45) is -0.317. The van der Waals surface area contributed by atoms with Crippen LogP contribution in [0.3, 0.4) is 0 Å². The number of Topliss-reactive ketones (excluding diaryl/α,β-unsaturated/α-hetero) is 1. The molecule has 2 rings (SSSR count). The van der Waals surface area contributed by atoms with E-state index in [1.54, 1.807) is 12.1 Å². The monoisotopic (exact) mass is 447 g/mol. The van der Waals surface area contributed by atoms with Gasteiger partial charge in [-0.3, -0.25) is 14.4 Å². The highest BCUT2D eigenvalue weighted by atomic mass is 16.5. The lowest BCUT2D eigenvalue weighted by molar-refractivity contribution is -0.173. The lowest BCUT2D eigenvalue weighted by atomic mass is 9.61. The molecule has 0 amide bonds. The topological polar surface area (TPSA) is 93.1 Å². The van der Waals surface area contributed by atoms with E-state index in [9.17, 15) is 19.5 Å². The molecule has 0 saturated heterocycles. The van der Waals surface area contributed by atoms with Crippen LogP contribution in [0.5, 0.6) is 0 Å². The smallest absolute Gasteiger partial charge is 0.317 e. The number of hydrogen-bond acceptors (Lipinski definition) is 7. The van der Waals surface area contributed by atoms with Crippen LogP contribution in [0.25, 0.3) is 0 Å². The van der Waals surface area contributed by atoms with Crippen molar-refractivity contribution < 1.29 is 29.0 Å². The Morgan fingerprint density at radius 1 is 1.03 bits per heavy atom. The van der Waals surface area contributed by atoms with E-state index < -0.39 is 41.1 Å². The molecule has 178 valence electrons. The number of nitrogens with zero attached hydrogens (tertiary/aromatic N) is 1. The number of benzene rings is 1. The Kier molecular flexibility index (Phi) is 8.46. The van der Waals surface area contributed by atoms with Crippen molar-refractivity contribution in [2.45, 2.75) is 52.6 Å².